The molecule has 0 N–H and O–H groups in total. The summed E-state index contributed by atoms with van der Waals surface area (Å²) >= 11 is 0. The standard InChI is InChI=1S/C14H16N2O2/c1-3-18-13(17)9-12-10-15-14(16(12)2)11-7-5-4-6-8-11/h4-8,10H,3,9H2,1-2H3. The number of ether oxygens (including phenoxy) is 1. The lowest BCUT2D eigenvalue weighted by Gasteiger charge is -2.05. The van der Waals surface area contributed by atoms with Crippen LogP contribution in [-0.2, 0) is 23.0 Å². The summed E-state index contributed by atoms with van der Waals surface area (Å²) in [6, 6.07) is 9.89. The van der Waals surface area contributed by atoms with E-state index in [4.69, 9.17) is 4.74 Å². The van der Waals surface area contributed by atoms with Gasteiger partial charge in [-0.2, -0.15) is 0 Å². The van der Waals surface area contributed by atoms with E-state index >= 15 is 0 Å². The Morgan fingerprint density at radius 2 is 2.06 bits per heavy atom. The Morgan fingerprint density at radius 3 is 2.72 bits per heavy atom. The summed E-state index contributed by atoms with van der Waals surface area (Å²) in [5.41, 5.74) is 1.89. The van der Waals surface area contributed by atoms with Crippen LogP contribution in [0.3, 0.4) is 0 Å². The highest BCUT2D eigenvalue weighted by atomic mass is 16.5. The Kier molecular flexibility index (Phi) is 3.77. The van der Waals surface area contributed by atoms with Crippen molar-refractivity contribution >= 4 is 5.97 Å². The molecule has 0 amide bonds. The highest BCUT2D eigenvalue weighted by Crippen LogP contribution is 2.18. The van der Waals surface area contributed by atoms with E-state index in [2.05, 4.69) is 4.98 Å². The number of esters is 1. The molecule has 0 saturated heterocycles. The summed E-state index contributed by atoms with van der Waals surface area (Å²) in [5, 5.41) is 0. The maximum atomic E-state index is 11.4. The molecule has 1 heterocycles. The Labute approximate surface area is 106 Å². The molecule has 0 aliphatic rings. The van der Waals surface area contributed by atoms with Crippen LogP contribution in [0.2, 0.25) is 0 Å². The minimum Gasteiger partial charge on any atom is -0.466 e. The third-order valence-electron chi connectivity index (χ3n) is 2.75. The first-order valence-corrected chi connectivity index (χ1v) is 5.94. The van der Waals surface area contributed by atoms with E-state index in [1.165, 1.54) is 0 Å². The lowest BCUT2D eigenvalue weighted by Crippen LogP contribution is -2.10. The van der Waals surface area contributed by atoms with Gasteiger partial charge < -0.3 is 9.30 Å². The van der Waals surface area contributed by atoms with Crippen molar-refractivity contribution in [1.29, 1.82) is 0 Å². The molecule has 0 atom stereocenters. The van der Waals surface area contributed by atoms with Gasteiger partial charge in [0, 0.05) is 24.5 Å². The van der Waals surface area contributed by atoms with E-state index < -0.39 is 0 Å². The van der Waals surface area contributed by atoms with Crippen LogP contribution in [0.5, 0.6) is 0 Å². The average molecular weight is 244 g/mol. The van der Waals surface area contributed by atoms with E-state index in [0.717, 1.165) is 17.1 Å². The van der Waals surface area contributed by atoms with Crippen LogP contribution in [0.15, 0.2) is 36.5 Å². The van der Waals surface area contributed by atoms with Crippen molar-refractivity contribution in [3.05, 3.63) is 42.2 Å². The van der Waals surface area contributed by atoms with Gasteiger partial charge in [0.1, 0.15) is 5.82 Å². The number of carbonyl (C=O) groups excluding carboxylic acids is 1. The van der Waals surface area contributed by atoms with Crippen LogP contribution in [0.25, 0.3) is 11.4 Å². The number of nitrogens with zero attached hydrogens (tertiary/aromatic N) is 2. The first kappa shape index (κ1) is 12.4. The van der Waals surface area contributed by atoms with Crippen molar-refractivity contribution in [3.8, 4) is 11.4 Å². The van der Waals surface area contributed by atoms with Gasteiger partial charge in [-0.15, -0.1) is 0 Å². The molecule has 0 bridgehead atoms. The van der Waals surface area contributed by atoms with Gasteiger partial charge >= 0.3 is 5.97 Å². The summed E-state index contributed by atoms with van der Waals surface area (Å²) < 4.78 is 6.86. The van der Waals surface area contributed by atoms with Gasteiger partial charge in [-0.1, -0.05) is 30.3 Å². The molecule has 0 saturated carbocycles. The largest absolute Gasteiger partial charge is 0.466 e. The zero-order valence-corrected chi connectivity index (χ0v) is 10.6. The van der Waals surface area contributed by atoms with Crippen LogP contribution >= 0.6 is 0 Å². The summed E-state index contributed by atoms with van der Waals surface area (Å²) in [7, 11) is 1.91. The fourth-order valence-electron chi connectivity index (χ4n) is 1.82. The average Bonchev–Trinajstić information content (AvgIpc) is 2.72. The molecule has 0 aliphatic carbocycles. The monoisotopic (exact) mass is 244 g/mol. The predicted molar refractivity (Wildman–Crippen MR) is 69.0 cm³/mol. The molecular weight excluding hydrogens is 228 g/mol. The second-order valence-electron chi connectivity index (χ2n) is 3.98. The van der Waals surface area contributed by atoms with Gasteiger partial charge in [0.2, 0.25) is 0 Å². The Hall–Kier alpha value is -2.10. The molecule has 0 spiro atoms. The third-order valence-corrected chi connectivity index (χ3v) is 2.75. The van der Waals surface area contributed by atoms with Crippen molar-refractivity contribution in [1.82, 2.24) is 9.55 Å². The number of benzene rings is 1. The zero-order chi connectivity index (χ0) is 13.0. The van der Waals surface area contributed by atoms with E-state index in [-0.39, 0.29) is 12.4 Å². The fourth-order valence-corrected chi connectivity index (χ4v) is 1.82. The number of carbonyl (C=O) groups is 1. The van der Waals surface area contributed by atoms with Gasteiger partial charge in [0.15, 0.2) is 0 Å². The molecule has 2 aromatic rings. The molecule has 0 radical (unpaired) electrons. The second kappa shape index (κ2) is 5.49. The first-order chi connectivity index (χ1) is 8.72. The molecular formula is C14H16N2O2. The molecule has 0 unspecified atom stereocenters. The first-order valence-electron chi connectivity index (χ1n) is 5.94. The molecule has 0 fully saturated rings. The van der Waals surface area contributed by atoms with Crippen molar-refractivity contribution in [2.45, 2.75) is 13.3 Å². The van der Waals surface area contributed by atoms with E-state index in [1.807, 2.05) is 41.9 Å². The molecule has 18 heavy (non-hydrogen) atoms. The molecule has 2 rings (SSSR count). The zero-order valence-electron chi connectivity index (χ0n) is 10.6. The smallest absolute Gasteiger partial charge is 0.311 e. The fraction of sp³-hybridized carbons (Fsp3) is 0.286. The Balaban J connectivity index is 2.22. The summed E-state index contributed by atoms with van der Waals surface area (Å²) in [5.74, 6) is 0.634. The number of hydrogen-bond donors (Lipinski definition) is 0. The molecule has 1 aromatic heterocycles. The maximum Gasteiger partial charge on any atom is 0.311 e. The maximum absolute atomic E-state index is 11.4. The minimum absolute atomic E-state index is 0.222. The van der Waals surface area contributed by atoms with Gasteiger partial charge in [0.05, 0.1) is 13.0 Å². The molecule has 1 aromatic carbocycles. The van der Waals surface area contributed by atoms with Crippen LogP contribution in [0, 0.1) is 0 Å². The number of rotatable bonds is 4. The van der Waals surface area contributed by atoms with E-state index in [9.17, 15) is 4.79 Å². The topological polar surface area (TPSA) is 44.1 Å². The molecule has 94 valence electrons. The van der Waals surface area contributed by atoms with Gasteiger partial charge in [0.25, 0.3) is 0 Å². The van der Waals surface area contributed by atoms with Crippen LogP contribution in [-0.4, -0.2) is 22.1 Å². The van der Waals surface area contributed by atoms with Crippen molar-refractivity contribution in [2.24, 2.45) is 7.05 Å². The summed E-state index contributed by atoms with van der Waals surface area (Å²) in [6.45, 7) is 2.21. The van der Waals surface area contributed by atoms with Crippen LogP contribution in [0.1, 0.15) is 12.6 Å². The van der Waals surface area contributed by atoms with Crippen molar-refractivity contribution in [3.63, 3.8) is 0 Å². The molecule has 0 aliphatic heterocycles. The SMILES string of the molecule is CCOC(=O)Cc1cnc(-c2ccccc2)n1C. The second-order valence-corrected chi connectivity index (χ2v) is 3.98. The predicted octanol–water partition coefficient (Wildman–Crippen LogP) is 2.19. The third kappa shape index (κ3) is 2.59. The Morgan fingerprint density at radius 1 is 1.33 bits per heavy atom. The lowest BCUT2D eigenvalue weighted by atomic mass is 10.2. The number of imidazole rings is 1. The summed E-state index contributed by atoms with van der Waals surface area (Å²) in [6.07, 6.45) is 1.98. The quantitative estimate of drug-likeness (QED) is 0.774. The van der Waals surface area contributed by atoms with E-state index in [0.29, 0.717) is 6.61 Å². The highest BCUT2D eigenvalue weighted by molar-refractivity contribution is 5.72. The molecule has 4 heteroatoms. The lowest BCUT2D eigenvalue weighted by molar-refractivity contribution is -0.142. The Bertz CT molecular complexity index is 532. The van der Waals surface area contributed by atoms with Crippen molar-refractivity contribution < 1.29 is 9.53 Å². The van der Waals surface area contributed by atoms with Gasteiger partial charge in [-0.25, -0.2) is 4.98 Å². The summed E-state index contributed by atoms with van der Waals surface area (Å²) in [4.78, 5) is 15.8. The number of aromatic nitrogens is 2. The van der Waals surface area contributed by atoms with Crippen molar-refractivity contribution in [2.75, 3.05) is 6.61 Å². The minimum atomic E-state index is -0.222. The van der Waals surface area contributed by atoms with Crippen LogP contribution < -0.4 is 0 Å². The van der Waals surface area contributed by atoms with Gasteiger partial charge in [-0.3, -0.25) is 4.79 Å². The normalized spacial score (nSPS) is 10.3. The van der Waals surface area contributed by atoms with E-state index in [1.54, 1.807) is 13.1 Å². The molecule has 4 nitrogen and oxygen atoms in total. The number of hydrogen-bond acceptors (Lipinski definition) is 3. The highest BCUT2D eigenvalue weighted by Gasteiger charge is 2.12. The van der Waals surface area contributed by atoms with Crippen LogP contribution in [0.4, 0.5) is 0 Å². The van der Waals surface area contributed by atoms with Gasteiger partial charge in [-0.05, 0) is 6.92 Å².